The Kier molecular flexibility index (Phi) is 4.88. The molecule has 0 saturated carbocycles. The second-order valence-electron chi connectivity index (χ2n) is 6.69. The van der Waals surface area contributed by atoms with E-state index in [4.69, 9.17) is 4.42 Å². The third-order valence-corrected chi connectivity index (χ3v) is 4.64. The summed E-state index contributed by atoms with van der Waals surface area (Å²) in [5.74, 6) is -0.275. The van der Waals surface area contributed by atoms with Crippen molar-refractivity contribution in [2.24, 2.45) is 0 Å². The average Bonchev–Trinajstić information content (AvgIpc) is 3.16. The van der Waals surface area contributed by atoms with Crippen LogP contribution in [0.2, 0.25) is 0 Å². The van der Waals surface area contributed by atoms with E-state index in [1.807, 2.05) is 0 Å². The molecule has 10 heteroatoms. The number of carbonyl (C=O) groups excluding carboxylic acids is 1. The Morgan fingerprint density at radius 2 is 1.77 bits per heavy atom. The minimum atomic E-state index is -0.526. The lowest BCUT2D eigenvalue weighted by molar-refractivity contribution is -0.385. The van der Waals surface area contributed by atoms with E-state index >= 15 is 0 Å². The third-order valence-electron chi connectivity index (χ3n) is 4.64. The zero-order chi connectivity index (χ0) is 22.1. The van der Waals surface area contributed by atoms with E-state index in [2.05, 4.69) is 10.3 Å². The van der Waals surface area contributed by atoms with E-state index < -0.39 is 15.8 Å². The molecule has 0 atom stereocenters. The van der Waals surface area contributed by atoms with Gasteiger partial charge in [-0.25, -0.2) is 4.98 Å². The van der Waals surface area contributed by atoms with Crippen LogP contribution in [-0.2, 0) is 0 Å². The Morgan fingerprint density at radius 1 is 1.00 bits per heavy atom. The van der Waals surface area contributed by atoms with Crippen LogP contribution in [0.3, 0.4) is 0 Å². The Labute approximate surface area is 174 Å². The lowest BCUT2D eigenvalue weighted by Crippen LogP contribution is -2.13. The zero-order valence-electron chi connectivity index (χ0n) is 16.1. The number of hydrogen-bond donors (Lipinski definition) is 1. The first kappa shape index (κ1) is 19.7. The Morgan fingerprint density at radius 3 is 2.48 bits per heavy atom. The number of benzene rings is 3. The number of nitrogens with one attached hydrogen (secondary N) is 1. The Bertz CT molecular complexity index is 1360. The monoisotopic (exact) mass is 418 g/mol. The zero-order valence-corrected chi connectivity index (χ0v) is 16.1. The van der Waals surface area contributed by atoms with Gasteiger partial charge < -0.3 is 9.73 Å². The molecule has 1 amide bonds. The van der Waals surface area contributed by atoms with Crippen LogP contribution >= 0.6 is 0 Å². The summed E-state index contributed by atoms with van der Waals surface area (Å²) < 4.78 is 5.69. The quantitative estimate of drug-likeness (QED) is 0.360. The van der Waals surface area contributed by atoms with E-state index in [1.54, 1.807) is 31.2 Å². The highest BCUT2D eigenvalue weighted by Gasteiger charge is 2.18. The van der Waals surface area contributed by atoms with Crippen LogP contribution in [0.1, 0.15) is 15.9 Å². The number of oxazole rings is 1. The fourth-order valence-electron chi connectivity index (χ4n) is 3.12. The molecular formula is C21H14N4O6. The summed E-state index contributed by atoms with van der Waals surface area (Å²) in [4.78, 5) is 38.0. The third kappa shape index (κ3) is 3.81. The first-order valence-corrected chi connectivity index (χ1v) is 9.04. The van der Waals surface area contributed by atoms with Crippen LogP contribution < -0.4 is 5.32 Å². The highest BCUT2D eigenvalue weighted by atomic mass is 16.6. The molecule has 0 aliphatic heterocycles. The summed E-state index contributed by atoms with van der Waals surface area (Å²) in [6.45, 7) is 1.56. The van der Waals surface area contributed by atoms with E-state index in [1.165, 1.54) is 36.4 Å². The largest absolute Gasteiger partial charge is 0.436 e. The maximum Gasteiger partial charge on any atom is 0.273 e. The van der Waals surface area contributed by atoms with E-state index in [0.29, 0.717) is 22.3 Å². The molecule has 4 aromatic rings. The number of nitro benzene ring substituents is 2. The highest BCUT2D eigenvalue weighted by molar-refractivity contribution is 6.06. The molecule has 31 heavy (non-hydrogen) atoms. The molecule has 1 aromatic heterocycles. The van der Waals surface area contributed by atoms with Crippen molar-refractivity contribution in [1.82, 2.24) is 4.98 Å². The van der Waals surface area contributed by atoms with Crippen LogP contribution in [0, 0.1) is 27.2 Å². The number of carbonyl (C=O) groups is 1. The van der Waals surface area contributed by atoms with Crippen LogP contribution in [0.4, 0.5) is 17.1 Å². The van der Waals surface area contributed by atoms with Gasteiger partial charge in [0, 0.05) is 23.3 Å². The summed E-state index contributed by atoms with van der Waals surface area (Å²) in [7, 11) is 0. The van der Waals surface area contributed by atoms with Crippen LogP contribution in [0.15, 0.2) is 65.1 Å². The van der Waals surface area contributed by atoms with Crippen molar-refractivity contribution < 1.29 is 19.1 Å². The molecule has 0 spiro atoms. The molecule has 0 saturated heterocycles. The molecule has 10 nitrogen and oxygen atoms in total. The maximum atomic E-state index is 12.7. The van der Waals surface area contributed by atoms with Gasteiger partial charge in [-0.15, -0.1) is 0 Å². The van der Waals surface area contributed by atoms with Gasteiger partial charge >= 0.3 is 0 Å². The summed E-state index contributed by atoms with van der Waals surface area (Å²) in [5, 5.41) is 24.7. The number of nitro groups is 2. The molecule has 0 radical (unpaired) electrons. The van der Waals surface area contributed by atoms with Crippen molar-refractivity contribution in [3.63, 3.8) is 0 Å². The predicted molar refractivity (Wildman–Crippen MR) is 112 cm³/mol. The molecule has 154 valence electrons. The van der Waals surface area contributed by atoms with Crippen molar-refractivity contribution >= 4 is 34.1 Å². The average molecular weight is 418 g/mol. The second-order valence-corrected chi connectivity index (χ2v) is 6.69. The van der Waals surface area contributed by atoms with Crippen molar-refractivity contribution in [2.75, 3.05) is 5.32 Å². The number of amides is 1. The summed E-state index contributed by atoms with van der Waals surface area (Å²) in [6, 6.07) is 15.0. The van der Waals surface area contributed by atoms with Crippen molar-refractivity contribution in [2.45, 2.75) is 6.92 Å². The molecule has 0 fully saturated rings. The number of aromatic nitrogens is 1. The number of nitrogens with zero attached hydrogens (tertiary/aromatic N) is 3. The number of anilines is 1. The molecule has 0 bridgehead atoms. The molecule has 4 rings (SSSR count). The maximum absolute atomic E-state index is 12.7. The number of non-ortho nitro benzene ring substituents is 1. The number of aryl methyl sites for hydroxylation is 1. The molecule has 3 aromatic carbocycles. The van der Waals surface area contributed by atoms with Gasteiger partial charge in [0.05, 0.1) is 27.2 Å². The molecule has 0 aliphatic carbocycles. The summed E-state index contributed by atoms with van der Waals surface area (Å²) >= 11 is 0. The van der Waals surface area contributed by atoms with Crippen molar-refractivity contribution in [1.29, 1.82) is 0 Å². The topological polar surface area (TPSA) is 141 Å². The number of fused-ring (bicyclic) bond motifs is 1. The van der Waals surface area contributed by atoms with Crippen molar-refractivity contribution in [3.05, 3.63) is 92.0 Å². The number of rotatable bonds is 5. The van der Waals surface area contributed by atoms with Gasteiger partial charge in [-0.3, -0.25) is 25.0 Å². The summed E-state index contributed by atoms with van der Waals surface area (Å²) in [5.41, 5.74) is 2.00. The van der Waals surface area contributed by atoms with Gasteiger partial charge in [0.15, 0.2) is 5.58 Å². The minimum Gasteiger partial charge on any atom is -0.436 e. The van der Waals surface area contributed by atoms with E-state index in [9.17, 15) is 25.0 Å². The Hall–Kier alpha value is -4.60. The van der Waals surface area contributed by atoms with Crippen LogP contribution in [0.5, 0.6) is 0 Å². The van der Waals surface area contributed by atoms with Crippen molar-refractivity contribution in [3.8, 4) is 11.5 Å². The first-order chi connectivity index (χ1) is 14.8. The van der Waals surface area contributed by atoms with Gasteiger partial charge in [0.2, 0.25) is 5.89 Å². The summed E-state index contributed by atoms with van der Waals surface area (Å²) in [6.07, 6.45) is 0. The molecule has 0 aliphatic rings. The Balaban J connectivity index is 1.67. The van der Waals surface area contributed by atoms with Crippen LogP contribution in [0.25, 0.3) is 22.6 Å². The van der Waals surface area contributed by atoms with Gasteiger partial charge in [-0.2, -0.15) is 0 Å². The molecular weight excluding hydrogens is 404 g/mol. The fourth-order valence-corrected chi connectivity index (χ4v) is 3.12. The highest BCUT2D eigenvalue weighted by Crippen LogP contribution is 2.32. The van der Waals surface area contributed by atoms with E-state index in [0.717, 1.165) is 0 Å². The predicted octanol–water partition coefficient (Wildman–Crippen LogP) is 4.87. The van der Waals surface area contributed by atoms with Gasteiger partial charge in [0.25, 0.3) is 17.3 Å². The number of para-hydroxylation sites is 1. The first-order valence-electron chi connectivity index (χ1n) is 9.04. The van der Waals surface area contributed by atoms with Gasteiger partial charge in [-0.05, 0) is 37.3 Å². The lowest BCUT2D eigenvalue weighted by Gasteiger charge is -2.09. The standard InChI is InChI=1S/C21H14N4O6/c1-12-10-13(6-9-18(12)25(29)30)20(26)22-16-5-3-2-4-15(16)21-23-17-8-7-14(24(27)28)11-19(17)31-21/h2-11H,1H3,(H,22,26). The second kappa shape index (κ2) is 7.67. The van der Waals surface area contributed by atoms with Gasteiger partial charge in [0.1, 0.15) is 5.52 Å². The number of hydrogen-bond acceptors (Lipinski definition) is 7. The van der Waals surface area contributed by atoms with Crippen LogP contribution in [-0.4, -0.2) is 20.7 Å². The lowest BCUT2D eigenvalue weighted by atomic mass is 10.1. The van der Waals surface area contributed by atoms with Gasteiger partial charge in [-0.1, -0.05) is 12.1 Å². The minimum absolute atomic E-state index is 0.0717. The molecule has 1 N–H and O–H groups in total. The molecule has 1 heterocycles. The van der Waals surface area contributed by atoms with E-state index in [-0.39, 0.29) is 28.4 Å². The fraction of sp³-hybridized carbons (Fsp3) is 0.0476. The smallest absolute Gasteiger partial charge is 0.273 e. The normalized spacial score (nSPS) is 10.7. The SMILES string of the molecule is Cc1cc(C(=O)Nc2ccccc2-c2nc3ccc([N+](=O)[O-])cc3o2)ccc1[N+](=O)[O-]. The molecule has 0 unspecified atom stereocenters.